The minimum atomic E-state index is -4.03. The van der Waals surface area contributed by atoms with E-state index in [1.807, 2.05) is 78.7 Å². The summed E-state index contributed by atoms with van der Waals surface area (Å²) in [5.74, 6) is 0.391. The van der Waals surface area contributed by atoms with Gasteiger partial charge >= 0.3 is 10.1 Å². The molecule has 0 spiro atoms. The van der Waals surface area contributed by atoms with Crippen LogP contribution >= 0.6 is 0 Å². The monoisotopic (exact) mass is 486 g/mol. The normalized spacial score (nSPS) is 11.4. The molecule has 0 heterocycles. The Hall–Kier alpha value is -4.10. The standard InChI is InChI=1S/C28H26N2O4S/c1-21-14-15-22(2)28(18-21)35(31,32)34-26-17-16-23(19-27(26)33-3)20-29-30(24-10-6-4-7-11-24)25-12-8-5-9-13-25/h4-20H,1-3H3/b29-20+. The van der Waals surface area contributed by atoms with Crippen molar-refractivity contribution in [3.05, 3.63) is 114 Å². The van der Waals surface area contributed by atoms with Crippen LogP contribution in [-0.2, 0) is 10.1 Å². The highest BCUT2D eigenvalue weighted by molar-refractivity contribution is 7.87. The highest BCUT2D eigenvalue weighted by atomic mass is 32.2. The van der Waals surface area contributed by atoms with Crippen LogP contribution in [0.15, 0.2) is 107 Å². The average Bonchev–Trinajstić information content (AvgIpc) is 2.87. The minimum Gasteiger partial charge on any atom is -0.493 e. The lowest BCUT2D eigenvalue weighted by atomic mass is 10.2. The molecule has 0 radical (unpaired) electrons. The van der Waals surface area contributed by atoms with Gasteiger partial charge in [-0.3, -0.25) is 0 Å². The second-order valence-corrected chi connectivity index (χ2v) is 9.46. The van der Waals surface area contributed by atoms with Gasteiger partial charge in [-0.15, -0.1) is 0 Å². The van der Waals surface area contributed by atoms with Crippen LogP contribution in [0.4, 0.5) is 11.4 Å². The SMILES string of the molecule is COc1cc(/C=N/N(c2ccccc2)c2ccccc2)ccc1OS(=O)(=O)c1cc(C)ccc1C. The predicted molar refractivity (Wildman–Crippen MR) is 139 cm³/mol. The van der Waals surface area contributed by atoms with E-state index in [0.29, 0.717) is 5.56 Å². The molecule has 4 aromatic carbocycles. The molecule has 0 fully saturated rings. The molecule has 0 amide bonds. The smallest absolute Gasteiger partial charge is 0.339 e. The summed E-state index contributed by atoms with van der Waals surface area (Å²) in [7, 11) is -2.57. The molecule has 0 N–H and O–H groups in total. The topological polar surface area (TPSA) is 68.2 Å². The van der Waals surface area contributed by atoms with Crippen molar-refractivity contribution < 1.29 is 17.3 Å². The Labute approximate surface area is 206 Å². The second kappa shape index (κ2) is 10.4. The number of methoxy groups -OCH3 is 1. The first kappa shape index (κ1) is 24.0. The van der Waals surface area contributed by atoms with E-state index < -0.39 is 10.1 Å². The summed E-state index contributed by atoms with van der Waals surface area (Å²) in [6, 6.07) is 29.8. The largest absolute Gasteiger partial charge is 0.493 e. The number of nitrogens with zero attached hydrogens (tertiary/aromatic N) is 2. The first-order valence-electron chi connectivity index (χ1n) is 11.0. The summed E-state index contributed by atoms with van der Waals surface area (Å²) >= 11 is 0. The van der Waals surface area contributed by atoms with E-state index in [1.54, 1.807) is 43.5 Å². The Balaban J connectivity index is 1.63. The van der Waals surface area contributed by atoms with Gasteiger partial charge in [-0.25, -0.2) is 5.01 Å². The molecule has 0 atom stereocenters. The van der Waals surface area contributed by atoms with Gasteiger partial charge in [-0.05, 0) is 79.1 Å². The maximum absolute atomic E-state index is 12.9. The lowest BCUT2D eigenvalue weighted by molar-refractivity contribution is 0.390. The van der Waals surface area contributed by atoms with E-state index in [4.69, 9.17) is 8.92 Å². The number of hydrogen-bond donors (Lipinski definition) is 0. The number of benzene rings is 4. The van der Waals surface area contributed by atoms with E-state index in [9.17, 15) is 8.42 Å². The first-order valence-corrected chi connectivity index (χ1v) is 12.4. The number of hydrogen-bond acceptors (Lipinski definition) is 6. The summed E-state index contributed by atoms with van der Waals surface area (Å²) in [5, 5.41) is 6.50. The molecule has 0 bridgehead atoms. The highest BCUT2D eigenvalue weighted by Gasteiger charge is 2.21. The first-order chi connectivity index (χ1) is 16.9. The van der Waals surface area contributed by atoms with Crippen molar-refractivity contribution >= 4 is 27.7 Å². The van der Waals surface area contributed by atoms with Crippen molar-refractivity contribution in [3.8, 4) is 11.5 Å². The molecular weight excluding hydrogens is 460 g/mol. The Kier molecular flexibility index (Phi) is 7.17. The molecule has 6 nitrogen and oxygen atoms in total. The van der Waals surface area contributed by atoms with Crippen molar-refractivity contribution in [2.24, 2.45) is 5.10 Å². The third-order valence-electron chi connectivity index (χ3n) is 5.32. The fourth-order valence-corrected chi connectivity index (χ4v) is 4.77. The fraction of sp³-hybridized carbons (Fsp3) is 0.107. The van der Waals surface area contributed by atoms with E-state index in [0.717, 1.165) is 22.5 Å². The molecule has 35 heavy (non-hydrogen) atoms. The summed E-state index contributed by atoms with van der Waals surface area (Å²) in [6.07, 6.45) is 1.69. The molecule has 0 saturated heterocycles. The Morgan fingerprint density at radius 1 is 0.771 bits per heavy atom. The van der Waals surface area contributed by atoms with Crippen molar-refractivity contribution in [2.75, 3.05) is 12.1 Å². The maximum atomic E-state index is 12.9. The number of aryl methyl sites for hydroxylation is 2. The zero-order valence-electron chi connectivity index (χ0n) is 19.8. The zero-order chi connectivity index (χ0) is 24.8. The molecule has 0 aliphatic heterocycles. The molecule has 178 valence electrons. The second-order valence-electron chi connectivity index (χ2n) is 7.94. The van der Waals surface area contributed by atoms with Crippen molar-refractivity contribution in [2.45, 2.75) is 18.7 Å². The number of para-hydroxylation sites is 2. The summed E-state index contributed by atoms with van der Waals surface area (Å²) in [6.45, 7) is 3.57. The summed E-state index contributed by atoms with van der Waals surface area (Å²) in [4.78, 5) is 0.131. The fourth-order valence-electron chi connectivity index (χ4n) is 3.52. The third-order valence-corrected chi connectivity index (χ3v) is 6.70. The Bertz CT molecular complexity index is 1400. The van der Waals surface area contributed by atoms with Crippen LogP contribution < -0.4 is 13.9 Å². The molecule has 0 aliphatic carbocycles. The van der Waals surface area contributed by atoms with E-state index in [-0.39, 0.29) is 16.4 Å². The minimum absolute atomic E-state index is 0.105. The molecular formula is C28H26N2O4S. The van der Waals surface area contributed by atoms with Gasteiger partial charge in [0.15, 0.2) is 11.5 Å². The predicted octanol–water partition coefficient (Wildman–Crippen LogP) is 6.25. The lowest BCUT2D eigenvalue weighted by Crippen LogP contribution is -2.12. The summed E-state index contributed by atoms with van der Waals surface area (Å²) in [5.41, 5.74) is 3.97. The molecule has 0 unspecified atom stereocenters. The molecule has 7 heteroatoms. The van der Waals surface area contributed by atoms with Crippen molar-refractivity contribution in [1.29, 1.82) is 0 Å². The number of anilines is 2. The molecule has 4 rings (SSSR count). The van der Waals surface area contributed by atoms with Gasteiger partial charge in [0.1, 0.15) is 4.90 Å². The van der Waals surface area contributed by atoms with Crippen LogP contribution in [0.2, 0.25) is 0 Å². The molecule has 0 aliphatic rings. The highest BCUT2D eigenvalue weighted by Crippen LogP contribution is 2.32. The number of hydrazone groups is 1. The van der Waals surface area contributed by atoms with Gasteiger partial charge in [-0.2, -0.15) is 13.5 Å². The van der Waals surface area contributed by atoms with Crippen molar-refractivity contribution in [1.82, 2.24) is 0 Å². The zero-order valence-corrected chi connectivity index (χ0v) is 20.6. The number of rotatable bonds is 8. The van der Waals surface area contributed by atoms with Gasteiger partial charge in [0, 0.05) is 0 Å². The Morgan fingerprint density at radius 2 is 1.40 bits per heavy atom. The van der Waals surface area contributed by atoms with Gasteiger partial charge in [-0.1, -0.05) is 48.5 Å². The van der Waals surface area contributed by atoms with Gasteiger partial charge in [0.2, 0.25) is 0 Å². The molecule has 0 saturated carbocycles. The van der Waals surface area contributed by atoms with Gasteiger partial charge < -0.3 is 8.92 Å². The molecule has 0 aromatic heterocycles. The maximum Gasteiger partial charge on any atom is 0.339 e. The van der Waals surface area contributed by atoms with Gasteiger partial charge in [0.25, 0.3) is 0 Å². The quantitative estimate of drug-likeness (QED) is 0.167. The summed E-state index contributed by atoms with van der Waals surface area (Å²) < 4.78 is 36.8. The third kappa shape index (κ3) is 5.70. The number of ether oxygens (including phenoxy) is 1. The van der Waals surface area contributed by atoms with Crippen LogP contribution in [0, 0.1) is 13.8 Å². The Morgan fingerprint density at radius 3 is 2.00 bits per heavy atom. The van der Waals surface area contributed by atoms with Crippen LogP contribution in [0.25, 0.3) is 0 Å². The van der Waals surface area contributed by atoms with E-state index in [1.165, 1.54) is 7.11 Å². The van der Waals surface area contributed by atoms with E-state index >= 15 is 0 Å². The van der Waals surface area contributed by atoms with Crippen LogP contribution in [0.3, 0.4) is 0 Å². The van der Waals surface area contributed by atoms with Crippen molar-refractivity contribution in [3.63, 3.8) is 0 Å². The molecule has 4 aromatic rings. The van der Waals surface area contributed by atoms with Crippen LogP contribution in [0.5, 0.6) is 11.5 Å². The lowest BCUT2D eigenvalue weighted by Gasteiger charge is -2.19. The van der Waals surface area contributed by atoms with Crippen LogP contribution in [0.1, 0.15) is 16.7 Å². The van der Waals surface area contributed by atoms with Crippen LogP contribution in [-0.4, -0.2) is 21.7 Å². The van der Waals surface area contributed by atoms with Gasteiger partial charge in [0.05, 0.1) is 24.7 Å². The van der Waals surface area contributed by atoms with E-state index in [2.05, 4.69) is 5.10 Å². The average molecular weight is 487 g/mol.